The summed E-state index contributed by atoms with van der Waals surface area (Å²) in [7, 11) is 0. The zero-order valence-corrected chi connectivity index (χ0v) is 8.97. The minimum atomic E-state index is -4.52. The van der Waals surface area contributed by atoms with Gasteiger partial charge in [0.15, 0.2) is 5.69 Å². The highest BCUT2D eigenvalue weighted by Gasteiger charge is 2.38. The number of H-pyrrole nitrogens is 1. The number of alkyl halides is 3. The summed E-state index contributed by atoms with van der Waals surface area (Å²) in [6, 6.07) is 6.63. The Balaban J connectivity index is 2.59. The third-order valence-electron chi connectivity index (χ3n) is 2.40. The van der Waals surface area contributed by atoms with E-state index < -0.39 is 11.9 Å². The summed E-state index contributed by atoms with van der Waals surface area (Å²) in [5.41, 5.74) is 5.76. The van der Waals surface area contributed by atoms with Gasteiger partial charge in [0.25, 0.3) is 0 Å². The molecule has 0 aliphatic carbocycles. The molecular weight excluding hydrogens is 231 g/mol. The van der Waals surface area contributed by atoms with Crippen molar-refractivity contribution in [1.29, 1.82) is 0 Å². The van der Waals surface area contributed by atoms with Gasteiger partial charge in [-0.05, 0) is 12.5 Å². The highest BCUT2D eigenvalue weighted by molar-refractivity contribution is 5.76. The van der Waals surface area contributed by atoms with Crippen LogP contribution in [-0.4, -0.2) is 10.2 Å². The molecule has 0 atom stereocenters. The van der Waals surface area contributed by atoms with Gasteiger partial charge in [-0.2, -0.15) is 18.3 Å². The van der Waals surface area contributed by atoms with Crippen LogP contribution in [0.1, 0.15) is 11.3 Å². The van der Waals surface area contributed by atoms with Crippen LogP contribution < -0.4 is 5.73 Å². The van der Waals surface area contributed by atoms with Crippen molar-refractivity contribution in [3.8, 4) is 11.1 Å². The van der Waals surface area contributed by atoms with E-state index in [1.165, 1.54) is 0 Å². The third-order valence-corrected chi connectivity index (χ3v) is 2.40. The Labute approximate surface area is 95.5 Å². The number of halogens is 3. The number of aromatic amines is 1. The van der Waals surface area contributed by atoms with Gasteiger partial charge in [-0.25, -0.2) is 0 Å². The van der Waals surface area contributed by atoms with Crippen LogP contribution in [0.2, 0.25) is 0 Å². The van der Waals surface area contributed by atoms with Crippen molar-refractivity contribution in [3.63, 3.8) is 0 Å². The number of nitrogens with zero attached hydrogens (tertiary/aromatic N) is 1. The van der Waals surface area contributed by atoms with E-state index in [0.717, 1.165) is 5.56 Å². The second kappa shape index (κ2) is 3.80. The summed E-state index contributed by atoms with van der Waals surface area (Å²) in [5, 5.41) is 5.38. The number of anilines is 1. The smallest absolute Gasteiger partial charge is 0.384 e. The molecule has 1 heterocycles. The molecule has 0 unspecified atom stereocenters. The van der Waals surface area contributed by atoms with Crippen LogP contribution in [0.4, 0.5) is 19.0 Å². The van der Waals surface area contributed by atoms with Gasteiger partial charge in [0.2, 0.25) is 0 Å². The predicted molar refractivity (Wildman–Crippen MR) is 58.2 cm³/mol. The maximum Gasteiger partial charge on any atom is 0.435 e. The normalized spacial score (nSPS) is 11.8. The van der Waals surface area contributed by atoms with Crippen LogP contribution in [0.3, 0.4) is 0 Å². The number of benzene rings is 1. The molecule has 0 amide bonds. The van der Waals surface area contributed by atoms with Crippen molar-refractivity contribution in [1.82, 2.24) is 10.2 Å². The van der Waals surface area contributed by atoms with E-state index in [4.69, 9.17) is 5.73 Å². The Morgan fingerprint density at radius 1 is 1.18 bits per heavy atom. The fourth-order valence-corrected chi connectivity index (χ4v) is 1.57. The van der Waals surface area contributed by atoms with Gasteiger partial charge in [-0.3, -0.25) is 5.10 Å². The van der Waals surface area contributed by atoms with E-state index in [-0.39, 0.29) is 11.4 Å². The van der Waals surface area contributed by atoms with Crippen LogP contribution in [0.25, 0.3) is 11.1 Å². The van der Waals surface area contributed by atoms with Gasteiger partial charge in [0.1, 0.15) is 5.82 Å². The van der Waals surface area contributed by atoms with Crippen molar-refractivity contribution < 1.29 is 13.2 Å². The van der Waals surface area contributed by atoms with Crippen LogP contribution in [0, 0.1) is 6.92 Å². The molecule has 1 aromatic heterocycles. The van der Waals surface area contributed by atoms with Crippen molar-refractivity contribution in [3.05, 3.63) is 35.5 Å². The van der Waals surface area contributed by atoms with Crippen LogP contribution in [0.15, 0.2) is 24.3 Å². The number of nitrogen functional groups attached to an aromatic ring is 1. The average molecular weight is 241 g/mol. The molecule has 0 spiro atoms. The highest BCUT2D eigenvalue weighted by Crippen LogP contribution is 2.38. The third kappa shape index (κ3) is 2.11. The lowest BCUT2D eigenvalue weighted by molar-refractivity contribution is -0.140. The van der Waals surface area contributed by atoms with Gasteiger partial charge in [0.05, 0.1) is 5.56 Å². The molecule has 1 aromatic carbocycles. The molecule has 2 rings (SSSR count). The Morgan fingerprint density at radius 2 is 1.76 bits per heavy atom. The fraction of sp³-hybridized carbons (Fsp3) is 0.182. The zero-order chi connectivity index (χ0) is 12.6. The monoisotopic (exact) mass is 241 g/mol. The Kier molecular flexibility index (Phi) is 2.57. The van der Waals surface area contributed by atoms with Crippen molar-refractivity contribution >= 4 is 5.82 Å². The lowest BCUT2D eigenvalue weighted by atomic mass is 10.0. The summed E-state index contributed by atoms with van der Waals surface area (Å²) in [6.07, 6.45) is -4.52. The fourth-order valence-electron chi connectivity index (χ4n) is 1.57. The SMILES string of the molecule is Cc1ccc(-c2c(C(F)(F)F)n[nH]c2N)cc1. The van der Waals surface area contributed by atoms with Crippen molar-refractivity contribution in [2.45, 2.75) is 13.1 Å². The first-order valence-corrected chi connectivity index (χ1v) is 4.87. The molecule has 0 saturated carbocycles. The number of aryl methyl sites for hydroxylation is 1. The zero-order valence-electron chi connectivity index (χ0n) is 8.97. The topological polar surface area (TPSA) is 54.7 Å². The van der Waals surface area contributed by atoms with E-state index >= 15 is 0 Å². The standard InChI is InChI=1S/C11H10F3N3/c1-6-2-4-7(5-3-6)8-9(11(12,13)14)16-17-10(8)15/h2-5H,1H3,(H3,15,16,17). The molecule has 0 fully saturated rings. The van der Waals surface area contributed by atoms with Crippen molar-refractivity contribution in [2.75, 3.05) is 5.73 Å². The van der Waals surface area contributed by atoms with Gasteiger partial charge in [-0.15, -0.1) is 0 Å². The summed E-state index contributed by atoms with van der Waals surface area (Å²) < 4.78 is 38.1. The van der Waals surface area contributed by atoms with Gasteiger partial charge >= 0.3 is 6.18 Å². The lowest BCUT2D eigenvalue weighted by Crippen LogP contribution is -2.07. The summed E-state index contributed by atoms with van der Waals surface area (Å²) in [6.45, 7) is 1.85. The van der Waals surface area contributed by atoms with E-state index in [0.29, 0.717) is 5.56 Å². The number of aromatic nitrogens is 2. The average Bonchev–Trinajstić information content (AvgIpc) is 2.61. The number of nitrogens with one attached hydrogen (secondary N) is 1. The minimum absolute atomic E-state index is 0.0822. The molecule has 0 aliphatic rings. The first-order valence-electron chi connectivity index (χ1n) is 4.87. The molecule has 0 bridgehead atoms. The van der Waals surface area contributed by atoms with E-state index in [2.05, 4.69) is 10.2 Å². The maximum atomic E-state index is 12.7. The Morgan fingerprint density at radius 3 is 2.29 bits per heavy atom. The molecular formula is C11H10F3N3. The van der Waals surface area contributed by atoms with Crippen LogP contribution >= 0.6 is 0 Å². The van der Waals surface area contributed by atoms with Crippen molar-refractivity contribution in [2.24, 2.45) is 0 Å². The first-order chi connectivity index (χ1) is 7.89. The summed E-state index contributed by atoms with van der Waals surface area (Å²) in [5.74, 6) is -0.0822. The second-order valence-electron chi connectivity index (χ2n) is 3.72. The molecule has 90 valence electrons. The summed E-state index contributed by atoms with van der Waals surface area (Å²) in [4.78, 5) is 0. The molecule has 3 nitrogen and oxygen atoms in total. The molecule has 17 heavy (non-hydrogen) atoms. The lowest BCUT2D eigenvalue weighted by Gasteiger charge is -2.07. The van der Waals surface area contributed by atoms with Gasteiger partial charge in [-0.1, -0.05) is 29.8 Å². The maximum absolute atomic E-state index is 12.7. The minimum Gasteiger partial charge on any atom is -0.384 e. The summed E-state index contributed by atoms with van der Waals surface area (Å²) >= 11 is 0. The number of nitrogens with two attached hydrogens (primary N) is 1. The highest BCUT2D eigenvalue weighted by atomic mass is 19.4. The molecule has 0 radical (unpaired) electrons. The largest absolute Gasteiger partial charge is 0.435 e. The molecule has 3 N–H and O–H groups in total. The second-order valence-corrected chi connectivity index (χ2v) is 3.72. The van der Waals surface area contributed by atoms with E-state index in [9.17, 15) is 13.2 Å². The molecule has 0 saturated heterocycles. The first kappa shape index (κ1) is 11.5. The molecule has 0 aliphatic heterocycles. The number of rotatable bonds is 1. The van der Waals surface area contributed by atoms with E-state index in [1.807, 2.05) is 6.92 Å². The molecule has 6 heteroatoms. The predicted octanol–water partition coefficient (Wildman–Crippen LogP) is 2.99. The van der Waals surface area contributed by atoms with Crippen LogP contribution in [0.5, 0.6) is 0 Å². The van der Waals surface area contributed by atoms with Gasteiger partial charge in [0, 0.05) is 0 Å². The van der Waals surface area contributed by atoms with E-state index in [1.54, 1.807) is 24.3 Å². The van der Waals surface area contributed by atoms with Gasteiger partial charge < -0.3 is 5.73 Å². The quantitative estimate of drug-likeness (QED) is 0.806. The number of hydrogen-bond donors (Lipinski definition) is 2. The Bertz CT molecular complexity index is 526. The number of hydrogen-bond acceptors (Lipinski definition) is 2. The van der Waals surface area contributed by atoms with Crippen LogP contribution in [-0.2, 0) is 6.18 Å². The molecule has 2 aromatic rings. The Hall–Kier alpha value is -1.98.